The van der Waals surface area contributed by atoms with E-state index < -0.39 is 5.97 Å². The number of carbonyl (C=O) groups is 2. The molecule has 0 saturated carbocycles. The molecule has 108 valence electrons. The van der Waals surface area contributed by atoms with E-state index in [1.807, 2.05) is 0 Å². The van der Waals surface area contributed by atoms with Gasteiger partial charge in [-0.05, 0) is 45.8 Å². The first kappa shape index (κ1) is 15.5. The Balaban J connectivity index is 2.00. The number of benzene rings is 1. The number of amides is 1. The van der Waals surface area contributed by atoms with Crippen LogP contribution in [0.2, 0.25) is 5.02 Å². The van der Waals surface area contributed by atoms with Gasteiger partial charge < -0.3 is 10.4 Å². The van der Waals surface area contributed by atoms with E-state index in [-0.39, 0.29) is 18.1 Å². The van der Waals surface area contributed by atoms with Gasteiger partial charge in [0.05, 0.1) is 5.02 Å². The van der Waals surface area contributed by atoms with Gasteiger partial charge in [-0.2, -0.15) is 0 Å². The van der Waals surface area contributed by atoms with E-state index in [0.717, 1.165) is 0 Å². The fourth-order valence-corrected chi connectivity index (χ4v) is 2.00. The van der Waals surface area contributed by atoms with Gasteiger partial charge in [0.25, 0.3) is 5.91 Å². The second-order valence-electron chi connectivity index (χ2n) is 4.17. The maximum atomic E-state index is 12.0. The van der Waals surface area contributed by atoms with Gasteiger partial charge in [-0.3, -0.25) is 4.79 Å². The number of halogens is 2. The smallest absolute Gasteiger partial charge is 0.354 e. The number of carbonyl (C=O) groups excluding carboxylic acids is 1. The zero-order valence-electron chi connectivity index (χ0n) is 10.6. The van der Waals surface area contributed by atoms with E-state index in [9.17, 15) is 9.59 Å². The van der Waals surface area contributed by atoms with Crippen LogP contribution in [0.4, 0.5) is 0 Å². The number of hydrogen-bond donors (Lipinski definition) is 2. The van der Waals surface area contributed by atoms with Crippen LogP contribution in [0.1, 0.15) is 26.4 Å². The quantitative estimate of drug-likeness (QED) is 0.868. The summed E-state index contributed by atoms with van der Waals surface area (Å²) in [5.74, 6) is -1.36. The lowest BCUT2D eigenvalue weighted by molar-refractivity contribution is 0.0690. The average molecular weight is 370 g/mol. The Labute approximate surface area is 134 Å². The monoisotopic (exact) mass is 368 g/mol. The van der Waals surface area contributed by atoms with Crippen molar-refractivity contribution in [2.45, 2.75) is 6.54 Å². The normalized spacial score (nSPS) is 10.2. The SMILES string of the molecule is O=C(NCc1ccc(C(=O)O)nc1)c1ccc(Br)c(Cl)c1. The number of aromatic nitrogens is 1. The number of carboxylic acid groups (broad SMARTS) is 1. The fourth-order valence-electron chi connectivity index (χ4n) is 1.58. The van der Waals surface area contributed by atoms with Crippen LogP contribution >= 0.6 is 27.5 Å². The van der Waals surface area contributed by atoms with Gasteiger partial charge in [0, 0.05) is 22.8 Å². The van der Waals surface area contributed by atoms with Crippen LogP contribution in [0.3, 0.4) is 0 Å². The molecule has 2 N–H and O–H groups in total. The van der Waals surface area contributed by atoms with Gasteiger partial charge in [0.1, 0.15) is 5.69 Å². The van der Waals surface area contributed by atoms with Crippen molar-refractivity contribution in [1.82, 2.24) is 10.3 Å². The molecule has 0 bridgehead atoms. The Morgan fingerprint density at radius 1 is 1.29 bits per heavy atom. The van der Waals surface area contributed by atoms with Crippen LogP contribution in [-0.4, -0.2) is 22.0 Å². The van der Waals surface area contributed by atoms with E-state index in [0.29, 0.717) is 20.6 Å². The topological polar surface area (TPSA) is 79.3 Å². The lowest BCUT2D eigenvalue weighted by Gasteiger charge is -2.06. The Morgan fingerprint density at radius 2 is 2.05 bits per heavy atom. The van der Waals surface area contributed by atoms with Gasteiger partial charge in [-0.25, -0.2) is 9.78 Å². The molecule has 0 fully saturated rings. The molecule has 2 aromatic rings. The predicted octanol–water partition coefficient (Wildman–Crippen LogP) is 3.13. The highest BCUT2D eigenvalue weighted by atomic mass is 79.9. The minimum absolute atomic E-state index is 0.0373. The number of nitrogens with zero attached hydrogens (tertiary/aromatic N) is 1. The zero-order valence-corrected chi connectivity index (χ0v) is 13.0. The van der Waals surface area contributed by atoms with E-state index >= 15 is 0 Å². The molecular formula is C14H10BrClN2O3. The van der Waals surface area contributed by atoms with Crippen LogP contribution in [0.5, 0.6) is 0 Å². The summed E-state index contributed by atoms with van der Waals surface area (Å²) in [5.41, 5.74) is 1.11. The predicted molar refractivity (Wildman–Crippen MR) is 81.5 cm³/mol. The molecule has 1 aromatic heterocycles. The number of pyridine rings is 1. The zero-order chi connectivity index (χ0) is 15.4. The molecule has 1 amide bonds. The molecule has 0 saturated heterocycles. The first-order valence-corrected chi connectivity index (χ1v) is 7.06. The standard InChI is InChI=1S/C14H10BrClN2O3/c15-10-3-2-9(5-11(10)16)13(19)18-7-8-1-4-12(14(20)21)17-6-8/h1-6H,7H2,(H,18,19)(H,20,21). The molecular weight excluding hydrogens is 360 g/mol. The van der Waals surface area contributed by atoms with E-state index in [4.69, 9.17) is 16.7 Å². The first-order valence-electron chi connectivity index (χ1n) is 5.89. The summed E-state index contributed by atoms with van der Waals surface area (Å²) in [4.78, 5) is 26.4. The average Bonchev–Trinajstić information content (AvgIpc) is 2.48. The lowest BCUT2D eigenvalue weighted by Crippen LogP contribution is -2.22. The van der Waals surface area contributed by atoms with E-state index in [1.54, 1.807) is 24.3 Å². The molecule has 0 unspecified atom stereocenters. The van der Waals surface area contributed by atoms with E-state index in [1.165, 1.54) is 12.3 Å². The summed E-state index contributed by atoms with van der Waals surface area (Å²) in [6.07, 6.45) is 1.41. The summed E-state index contributed by atoms with van der Waals surface area (Å²) in [6.45, 7) is 0.249. The lowest BCUT2D eigenvalue weighted by atomic mass is 10.2. The summed E-state index contributed by atoms with van der Waals surface area (Å²) in [5, 5.41) is 11.9. The van der Waals surface area contributed by atoms with Crippen molar-refractivity contribution in [3.8, 4) is 0 Å². The molecule has 1 aromatic carbocycles. The van der Waals surface area contributed by atoms with E-state index in [2.05, 4.69) is 26.2 Å². The van der Waals surface area contributed by atoms with Gasteiger partial charge in [-0.1, -0.05) is 17.7 Å². The van der Waals surface area contributed by atoms with Crippen LogP contribution in [0, 0.1) is 0 Å². The van der Waals surface area contributed by atoms with Crippen molar-refractivity contribution < 1.29 is 14.7 Å². The van der Waals surface area contributed by atoms with Crippen molar-refractivity contribution >= 4 is 39.4 Å². The fraction of sp³-hybridized carbons (Fsp3) is 0.0714. The highest BCUT2D eigenvalue weighted by Crippen LogP contribution is 2.23. The van der Waals surface area contributed by atoms with Gasteiger partial charge in [0.2, 0.25) is 0 Å². The van der Waals surface area contributed by atoms with Gasteiger partial charge >= 0.3 is 5.97 Å². The number of nitrogens with one attached hydrogen (secondary N) is 1. The maximum Gasteiger partial charge on any atom is 0.354 e. The third-order valence-electron chi connectivity index (χ3n) is 2.68. The molecule has 7 heteroatoms. The Morgan fingerprint density at radius 3 is 2.62 bits per heavy atom. The Hall–Kier alpha value is -1.92. The molecule has 0 spiro atoms. The van der Waals surface area contributed by atoms with Crippen LogP contribution in [-0.2, 0) is 6.54 Å². The van der Waals surface area contributed by atoms with Crippen molar-refractivity contribution in [2.75, 3.05) is 0 Å². The minimum atomic E-state index is -1.09. The number of carboxylic acids is 1. The second kappa shape index (κ2) is 6.69. The highest BCUT2D eigenvalue weighted by molar-refractivity contribution is 9.10. The number of rotatable bonds is 4. The Kier molecular flexibility index (Phi) is 4.93. The maximum absolute atomic E-state index is 12.0. The molecule has 0 radical (unpaired) electrons. The molecule has 2 rings (SSSR count). The molecule has 21 heavy (non-hydrogen) atoms. The molecule has 0 atom stereocenters. The molecule has 5 nitrogen and oxygen atoms in total. The molecule has 1 heterocycles. The number of aromatic carboxylic acids is 1. The van der Waals surface area contributed by atoms with Crippen molar-refractivity contribution in [2.24, 2.45) is 0 Å². The van der Waals surface area contributed by atoms with Crippen LogP contribution in [0.25, 0.3) is 0 Å². The van der Waals surface area contributed by atoms with Crippen molar-refractivity contribution in [3.05, 3.63) is 62.8 Å². The number of hydrogen-bond acceptors (Lipinski definition) is 3. The van der Waals surface area contributed by atoms with Gasteiger partial charge in [0.15, 0.2) is 0 Å². The minimum Gasteiger partial charge on any atom is -0.477 e. The molecule has 0 aliphatic carbocycles. The van der Waals surface area contributed by atoms with Gasteiger partial charge in [-0.15, -0.1) is 0 Å². The Bertz CT molecular complexity index is 689. The summed E-state index contributed by atoms with van der Waals surface area (Å²) in [7, 11) is 0. The third kappa shape index (κ3) is 4.03. The van der Waals surface area contributed by atoms with Crippen molar-refractivity contribution in [3.63, 3.8) is 0 Å². The third-order valence-corrected chi connectivity index (χ3v) is 3.91. The second-order valence-corrected chi connectivity index (χ2v) is 5.43. The first-order chi connectivity index (χ1) is 9.97. The molecule has 0 aliphatic rings. The molecule has 0 aliphatic heterocycles. The van der Waals surface area contributed by atoms with Crippen LogP contribution < -0.4 is 5.32 Å². The highest BCUT2D eigenvalue weighted by Gasteiger charge is 2.08. The summed E-state index contributed by atoms with van der Waals surface area (Å²) < 4.78 is 0.717. The largest absolute Gasteiger partial charge is 0.477 e. The van der Waals surface area contributed by atoms with Crippen molar-refractivity contribution in [1.29, 1.82) is 0 Å². The van der Waals surface area contributed by atoms with Crippen LogP contribution in [0.15, 0.2) is 41.0 Å². The summed E-state index contributed by atoms with van der Waals surface area (Å²) >= 11 is 9.18. The summed E-state index contributed by atoms with van der Waals surface area (Å²) in [6, 6.07) is 7.90.